The van der Waals surface area contributed by atoms with Crippen LogP contribution in [0.25, 0.3) is 5.69 Å². The van der Waals surface area contributed by atoms with Crippen molar-refractivity contribution >= 4 is 23.6 Å². The van der Waals surface area contributed by atoms with Crippen LogP contribution < -0.4 is 27.9 Å². The molecule has 2 N–H and O–H groups in total. The van der Waals surface area contributed by atoms with Crippen molar-refractivity contribution in [3.05, 3.63) is 28.8 Å². The largest absolute Gasteiger partial charge is 1.00 e. The van der Waals surface area contributed by atoms with Crippen LogP contribution in [0.3, 0.4) is 0 Å². The van der Waals surface area contributed by atoms with E-state index in [1.165, 1.54) is 0 Å². The van der Waals surface area contributed by atoms with Crippen molar-refractivity contribution in [3.8, 4) is 11.8 Å². The highest BCUT2D eigenvalue weighted by atomic mass is 35.5. The van der Waals surface area contributed by atoms with Gasteiger partial charge in [-0.2, -0.15) is 5.26 Å². The van der Waals surface area contributed by atoms with Gasteiger partial charge in [-0.15, -0.1) is 0 Å². The molecule has 0 aliphatic carbocycles. The highest BCUT2D eigenvalue weighted by Crippen LogP contribution is 2.18. The molecule has 2 rings (SSSR count). The fourth-order valence-corrected chi connectivity index (χ4v) is 1.58. The average Bonchev–Trinajstić information content (AvgIpc) is 2.88. The quantitative estimate of drug-likeness (QED) is 0.498. The molecule has 10 heteroatoms. The van der Waals surface area contributed by atoms with Gasteiger partial charge in [0.05, 0.1) is 10.9 Å². The molecule has 1 heterocycles. The minimum absolute atomic E-state index is 0. The fourth-order valence-electron chi connectivity index (χ4n) is 1.41. The molecule has 21 heavy (non-hydrogen) atoms. The first kappa shape index (κ1) is 16.7. The number of carbonyl (C=O) groups excluding carboxylic acids is 1. The third-order valence-corrected chi connectivity index (χ3v) is 2.79. The Morgan fingerprint density at radius 2 is 2.33 bits per heavy atom. The zero-order valence-electron chi connectivity index (χ0n) is 10.8. The van der Waals surface area contributed by atoms with Crippen molar-refractivity contribution in [2.45, 2.75) is 6.92 Å². The van der Waals surface area contributed by atoms with Crippen molar-refractivity contribution in [2.75, 3.05) is 11.9 Å². The Labute approximate surface area is 131 Å². The van der Waals surface area contributed by atoms with Gasteiger partial charge in [0.25, 0.3) is 0 Å². The van der Waals surface area contributed by atoms with Crippen LogP contribution in [0.1, 0.15) is 5.56 Å². The summed E-state index contributed by atoms with van der Waals surface area (Å²) < 4.78 is 5.24. The van der Waals surface area contributed by atoms with Crippen molar-refractivity contribution in [1.29, 1.82) is 5.26 Å². The lowest BCUT2D eigenvalue weighted by Gasteiger charge is -1.98. The summed E-state index contributed by atoms with van der Waals surface area (Å²) in [5, 5.41) is 20.9. The van der Waals surface area contributed by atoms with Crippen molar-refractivity contribution < 1.29 is 26.6 Å². The molecule has 0 unspecified atom stereocenters. The predicted molar refractivity (Wildman–Crippen MR) is 68.2 cm³/mol. The average molecular weight is 329 g/mol. The van der Waals surface area contributed by atoms with E-state index in [1.807, 2.05) is 6.92 Å². The third kappa shape index (κ3) is 4.05. The molecule has 0 radical (unpaired) electrons. The minimum atomic E-state index is -0.606. The number of aromatic nitrogens is 3. The maximum atomic E-state index is 11.3. The Hall–Kier alpha value is -2.37. The van der Waals surface area contributed by atoms with Gasteiger partial charge in [0.15, 0.2) is 5.21 Å². The van der Waals surface area contributed by atoms with Crippen LogP contribution in [0.2, 0.25) is 5.02 Å². The van der Waals surface area contributed by atoms with Crippen LogP contribution in [0.5, 0.6) is 0 Å². The summed E-state index contributed by atoms with van der Waals surface area (Å²) in [5.41, 5.74) is 1.37. The summed E-state index contributed by atoms with van der Waals surface area (Å²) in [6.45, 7) is 1.69. The Balaban J connectivity index is 0.00000220. The molecule has 0 fully saturated rings. The SMILES string of the molecule is Cc1c(Cl)cccc1-[n+]1nnc(NC(=O)NCC#N)o1.[Cl-]. The van der Waals surface area contributed by atoms with E-state index < -0.39 is 6.03 Å². The summed E-state index contributed by atoms with van der Waals surface area (Å²) in [4.78, 5) is 12.4. The number of halogens is 2. The zero-order chi connectivity index (χ0) is 14.5. The van der Waals surface area contributed by atoms with Crippen molar-refractivity contribution in [3.63, 3.8) is 0 Å². The Morgan fingerprint density at radius 3 is 3.05 bits per heavy atom. The number of benzene rings is 1. The number of hydrogen-bond acceptors (Lipinski definition) is 5. The molecule has 0 spiro atoms. The molecule has 2 aromatic rings. The molecule has 0 aliphatic rings. The van der Waals surface area contributed by atoms with Crippen LogP contribution in [0, 0.1) is 18.3 Å². The van der Waals surface area contributed by atoms with Gasteiger partial charge in [-0.1, -0.05) is 17.7 Å². The molecular weight excluding hydrogens is 319 g/mol. The van der Waals surface area contributed by atoms with Gasteiger partial charge in [-0.25, -0.2) is 14.6 Å². The monoisotopic (exact) mass is 328 g/mol. The van der Waals surface area contributed by atoms with Crippen LogP contribution >= 0.6 is 11.6 Å². The molecule has 0 aliphatic heterocycles. The topological polar surface area (TPSA) is 108 Å². The summed E-state index contributed by atoms with van der Waals surface area (Å²) in [5.74, 6) is 0. The molecular formula is C11H10Cl2N6O2. The highest BCUT2D eigenvalue weighted by molar-refractivity contribution is 6.31. The first-order chi connectivity index (χ1) is 9.61. The number of carbonyl (C=O) groups is 1. The van der Waals surface area contributed by atoms with Crippen LogP contribution in [0.4, 0.5) is 10.8 Å². The molecule has 110 valence electrons. The first-order valence-corrected chi connectivity index (χ1v) is 5.93. The second-order valence-electron chi connectivity index (χ2n) is 3.71. The molecule has 0 saturated carbocycles. The number of nitrogens with zero attached hydrogens (tertiary/aromatic N) is 4. The van der Waals surface area contributed by atoms with Crippen LogP contribution in [-0.2, 0) is 0 Å². The van der Waals surface area contributed by atoms with E-state index >= 15 is 0 Å². The maximum Gasteiger partial charge on any atom is 0.487 e. The number of rotatable bonds is 3. The van der Waals surface area contributed by atoms with Crippen LogP contribution in [0.15, 0.2) is 22.7 Å². The predicted octanol–water partition coefficient (Wildman–Crippen LogP) is -2.04. The van der Waals surface area contributed by atoms with Crippen LogP contribution in [-0.4, -0.2) is 22.9 Å². The summed E-state index contributed by atoms with van der Waals surface area (Å²) in [6, 6.07) is 6.30. The fraction of sp³-hybridized carbons (Fsp3) is 0.182. The number of hydrogen-bond donors (Lipinski definition) is 2. The molecule has 0 bridgehead atoms. The van der Waals surface area contributed by atoms with Crippen molar-refractivity contribution in [2.24, 2.45) is 0 Å². The number of nitriles is 1. The molecule has 1 aromatic heterocycles. The lowest BCUT2D eigenvalue weighted by Crippen LogP contribution is -3.00. The Morgan fingerprint density at radius 1 is 1.57 bits per heavy atom. The van der Waals surface area contributed by atoms with E-state index in [-0.39, 0.29) is 25.0 Å². The van der Waals surface area contributed by atoms with Gasteiger partial charge in [0.2, 0.25) is 5.69 Å². The lowest BCUT2D eigenvalue weighted by atomic mass is 10.2. The van der Waals surface area contributed by atoms with E-state index in [4.69, 9.17) is 21.4 Å². The molecule has 0 atom stereocenters. The second-order valence-corrected chi connectivity index (χ2v) is 4.12. The van der Waals surface area contributed by atoms with Gasteiger partial charge in [0, 0.05) is 10.6 Å². The van der Waals surface area contributed by atoms with E-state index in [0.717, 1.165) is 10.4 Å². The Kier molecular flexibility index (Phi) is 5.90. The van der Waals surface area contributed by atoms with E-state index in [1.54, 1.807) is 24.3 Å². The highest BCUT2D eigenvalue weighted by Gasteiger charge is 2.20. The zero-order valence-corrected chi connectivity index (χ0v) is 12.3. The maximum absolute atomic E-state index is 11.3. The van der Waals surface area contributed by atoms with Gasteiger partial charge < -0.3 is 17.7 Å². The molecule has 8 nitrogen and oxygen atoms in total. The number of nitrogens with one attached hydrogen (secondary N) is 2. The van der Waals surface area contributed by atoms with E-state index in [9.17, 15) is 4.79 Å². The molecule has 0 saturated heterocycles. The summed E-state index contributed by atoms with van der Waals surface area (Å²) in [6.07, 6.45) is 0. The number of anilines is 1. The number of urea groups is 1. The smallest absolute Gasteiger partial charge is 0.487 e. The third-order valence-electron chi connectivity index (χ3n) is 2.38. The number of amides is 2. The van der Waals surface area contributed by atoms with Crippen molar-refractivity contribution in [1.82, 2.24) is 15.6 Å². The van der Waals surface area contributed by atoms with E-state index in [2.05, 4.69) is 20.9 Å². The van der Waals surface area contributed by atoms with E-state index in [0.29, 0.717) is 10.7 Å². The first-order valence-electron chi connectivity index (χ1n) is 5.55. The molecule has 2 amide bonds. The summed E-state index contributed by atoms with van der Waals surface area (Å²) in [7, 11) is 0. The normalized spacial score (nSPS) is 9.38. The summed E-state index contributed by atoms with van der Waals surface area (Å²) >= 11 is 6.00. The van der Waals surface area contributed by atoms with Gasteiger partial charge >= 0.3 is 12.0 Å². The van der Waals surface area contributed by atoms with Gasteiger partial charge in [0.1, 0.15) is 11.6 Å². The van der Waals surface area contributed by atoms with Gasteiger partial charge in [-0.3, -0.25) is 0 Å². The molecule has 1 aromatic carbocycles. The van der Waals surface area contributed by atoms with Gasteiger partial charge in [-0.05, 0) is 19.1 Å². The second kappa shape index (κ2) is 7.42. The lowest BCUT2D eigenvalue weighted by molar-refractivity contribution is -0.832. The Bertz CT molecular complexity index is 682. The standard InChI is InChI=1S/C11H9ClN6O2.ClH/c1-7-8(12)3-2-4-9(7)18-17-16-11(20-18)15-10(19)14-6-5-13;/h2-4H,6H2,1H3,(H,14,19);1H. The minimum Gasteiger partial charge on any atom is -1.00 e.